The standard InChI is InChI=1S/C22H17F4N3O3S/c1-28(2)7-8-29-20(30)19(33-21(29)31)11-13-3-6-18(16(23)10-13)32-17-5-4-14(12-27)9-15(17)22(24,25)26/h3-6,9-11H,7-8H2,1-2H3. The summed E-state index contributed by atoms with van der Waals surface area (Å²) in [6, 6.07) is 7.76. The minimum Gasteiger partial charge on any atom is -0.454 e. The number of alkyl halides is 3. The number of halogens is 4. The number of nitrogens with zero attached hydrogens (tertiary/aromatic N) is 3. The highest BCUT2D eigenvalue weighted by atomic mass is 32.2. The Morgan fingerprint density at radius 3 is 2.45 bits per heavy atom. The van der Waals surface area contributed by atoms with E-state index in [-0.39, 0.29) is 22.6 Å². The molecule has 0 aromatic heterocycles. The third kappa shape index (κ3) is 5.71. The number of benzene rings is 2. The molecule has 0 radical (unpaired) electrons. The number of carbonyl (C=O) groups is 2. The molecular formula is C22H17F4N3O3S. The molecular weight excluding hydrogens is 462 g/mol. The van der Waals surface area contributed by atoms with Gasteiger partial charge in [0.05, 0.1) is 22.1 Å². The summed E-state index contributed by atoms with van der Waals surface area (Å²) in [6.07, 6.45) is -3.48. The molecule has 33 heavy (non-hydrogen) atoms. The van der Waals surface area contributed by atoms with Crippen LogP contribution in [0, 0.1) is 17.1 Å². The number of thioether (sulfide) groups is 1. The van der Waals surface area contributed by atoms with Crippen LogP contribution in [0.4, 0.5) is 22.4 Å². The molecule has 11 heteroatoms. The van der Waals surface area contributed by atoms with Crippen LogP contribution in [0.1, 0.15) is 16.7 Å². The Morgan fingerprint density at radius 1 is 1.15 bits per heavy atom. The second-order valence-corrected chi connectivity index (χ2v) is 8.24. The summed E-state index contributed by atoms with van der Waals surface area (Å²) in [6.45, 7) is 0.698. The van der Waals surface area contributed by atoms with E-state index < -0.39 is 40.2 Å². The van der Waals surface area contributed by atoms with Gasteiger partial charge in [-0.1, -0.05) is 6.07 Å². The molecule has 0 saturated carbocycles. The summed E-state index contributed by atoms with van der Waals surface area (Å²) >= 11 is 0.724. The van der Waals surface area contributed by atoms with Gasteiger partial charge in [0.15, 0.2) is 11.6 Å². The molecule has 1 fully saturated rings. The fourth-order valence-electron chi connectivity index (χ4n) is 2.86. The van der Waals surface area contributed by atoms with Gasteiger partial charge in [-0.25, -0.2) is 4.39 Å². The number of hydrogen-bond donors (Lipinski definition) is 0. The first-order chi connectivity index (χ1) is 15.5. The van der Waals surface area contributed by atoms with Gasteiger partial charge in [0.25, 0.3) is 11.1 Å². The second-order valence-electron chi connectivity index (χ2n) is 7.25. The van der Waals surface area contributed by atoms with E-state index in [1.165, 1.54) is 12.1 Å². The first kappa shape index (κ1) is 24.3. The third-order valence-electron chi connectivity index (χ3n) is 4.53. The lowest BCUT2D eigenvalue weighted by Crippen LogP contribution is -2.34. The summed E-state index contributed by atoms with van der Waals surface area (Å²) < 4.78 is 59.6. The number of rotatable bonds is 6. The first-order valence-electron chi connectivity index (χ1n) is 9.48. The Labute approximate surface area is 191 Å². The second kappa shape index (κ2) is 9.64. The largest absolute Gasteiger partial charge is 0.454 e. The molecule has 0 N–H and O–H groups in total. The van der Waals surface area contributed by atoms with Gasteiger partial charge in [-0.3, -0.25) is 14.5 Å². The summed E-state index contributed by atoms with van der Waals surface area (Å²) in [7, 11) is 3.60. The zero-order valence-corrected chi connectivity index (χ0v) is 18.3. The molecule has 0 spiro atoms. The van der Waals surface area contributed by atoms with E-state index in [0.717, 1.165) is 40.9 Å². The number of carbonyl (C=O) groups excluding carboxylic acids is 2. The number of imide groups is 1. The molecule has 0 bridgehead atoms. The molecule has 0 unspecified atom stereocenters. The van der Waals surface area contributed by atoms with Gasteiger partial charge in [-0.2, -0.15) is 18.4 Å². The van der Waals surface area contributed by atoms with Crippen molar-refractivity contribution in [2.75, 3.05) is 27.2 Å². The summed E-state index contributed by atoms with van der Waals surface area (Å²) in [4.78, 5) is 27.6. The lowest BCUT2D eigenvalue weighted by molar-refractivity contribution is -0.138. The topological polar surface area (TPSA) is 73.6 Å². The lowest BCUT2D eigenvalue weighted by atomic mass is 10.1. The first-order valence-corrected chi connectivity index (χ1v) is 10.3. The Bertz CT molecular complexity index is 1170. The predicted molar refractivity (Wildman–Crippen MR) is 114 cm³/mol. The highest BCUT2D eigenvalue weighted by Crippen LogP contribution is 2.39. The highest BCUT2D eigenvalue weighted by molar-refractivity contribution is 8.18. The summed E-state index contributed by atoms with van der Waals surface area (Å²) in [5, 5.41) is 8.39. The van der Waals surface area contributed by atoms with Gasteiger partial charge in [-0.05, 0) is 67.8 Å². The summed E-state index contributed by atoms with van der Waals surface area (Å²) in [5.41, 5.74) is -1.20. The van der Waals surface area contributed by atoms with Crippen molar-refractivity contribution in [1.29, 1.82) is 5.26 Å². The zero-order chi connectivity index (χ0) is 24.3. The SMILES string of the molecule is CN(C)CCN1C(=O)SC(=Cc2ccc(Oc3ccc(C#N)cc3C(F)(F)F)c(F)c2)C1=O. The average molecular weight is 479 g/mol. The van der Waals surface area contributed by atoms with Crippen molar-refractivity contribution in [3.8, 4) is 17.6 Å². The van der Waals surface area contributed by atoms with Crippen molar-refractivity contribution in [1.82, 2.24) is 9.80 Å². The van der Waals surface area contributed by atoms with Crippen molar-refractivity contribution in [3.05, 3.63) is 63.8 Å². The molecule has 1 aliphatic heterocycles. The molecule has 6 nitrogen and oxygen atoms in total. The Kier molecular flexibility index (Phi) is 7.09. The Hall–Kier alpha value is -3.36. The van der Waals surface area contributed by atoms with E-state index in [1.807, 2.05) is 4.90 Å². The van der Waals surface area contributed by atoms with Crippen LogP contribution in [0.15, 0.2) is 41.3 Å². The quantitative estimate of drug-likeness (QED) is 0.424. The third-order valence-corrected chi connectivity index (χ3v) is 5.44. The van der Waals surface area contributed by atoms with Crippen LogP contribution in [0.2, 0.25) is 0 Å². The molecule has 0 atom stereocenters. The van der Waals surface area contributed by atoms with Gasteiger partial charge in [-0.15, -0.1) is 0 Å². The Balaban J connectivity index is 1.83. The van der Waals surface area contributed by atoms with Gasteiger partial charge in [0.1, 0.15) is 5.75 Å². The molecule has 1 aliphatic rings. The van der Waals surface area contributed by atoms with Gasteiger partial charge >= 0.3 is 6.18 Å². The number of amides is 2. The van der Waals surface area contributed by atoms with Crippen LogP contribution in [0.25, 0.3) is 6.08 Å². The molecule has 0 aliphatic carbocycles. The minimum absolute atomic E-state index is 0.110. The van der Waals surface area contributed by atoms with Crippen molar-refractivity contribution < 1.29 is 31.9 Å². The van der Waals surface area contributed by atoms with E-state index >= 15 is 0 Å². The van der Waals surface area contributed by atoms with E-state index in [2.05, 4.69) is 0 Å². The molecule has 2 amide bonds. The van der Waals surface area contributed by atoms with Gasteiger partial charge in [0, 0.05) is 13.1 Å². The smallest absolute Gasteiger partial charge is 0.420 e. The maximum Gasteiger partial charge on any atom is 0.420 e. The average Bonchev–Trinajstić information content (AvgIpc) is 3.00. The van der Waals surface area contributed by atoms with Crippen LogP contribution in [-0.4, -0.2) is 48.1 Å². The maximum absolute atomic E-state index is 14.6. The van der Waals surface area contributed by atoms with Crippen molar-refractivity contribution in [2.45, 2.75) is 6.18 Å². The Morgan fingerprint density at radius 2 is 1.85 bits per heavy atom. The summed E-state index contributed by atoms with van der Waals surface area (Å²) in [5.74, 6) is -2.59. The number of ether oxygens (including phenoxy) is 1. The van der Waals surface area contributed by atoms with Gasteiger partial charge < -0.3 is 9.64 Å². The van der Waals surface area contributed by atoms with Crippen LogP contribution >= 0.6 is 11.8 Å². The molecule has 2 aromatic rings. The van der Waals surface area contributed by atoms with E-state index in [4.69, 9.17) is 10.00 Å². The minimum atomic E-state index is -4.81. The van der Waals surface area contributed by atoms with Crippen molar-refractivity contribution in [3.63, 3.8) is 0 Å². The van der Waals surface area contributed by atoms with Crippen LogP contribution in [-0.2, 0) is 11.0 Å². The highest BCUT2D eigenvalue weighted by Gasteiger charge is 2.36. The molecule has 1 heterocycles. The number of likely N-dealkylation sites (N-methyl/N-ethyl adjacent to an activating group) is 1. The normalized spacial score (nSPS) is 15.5. The van der Waals surface area contributed by atoms with E-state index in [0.29, 0.717) is 12.6 Å². The fourth-order valence-corrected chi connectivity index (χ4v) is 3.73. The van der Waals surface area contributed by atoms with Crippen LogP contribution in [0.5, 0.6) is 11.5 Å². The molecule has 3 rings (SSSR count). The number of hydrogen-bond acceptors (Lipinski definition) is 6. The maximum atomic E-state index is 14.6. The predicted octanol–water partition coefficient (Wildman–Crippen LogP) is 5.11. The molecule has 1 saturated heterocycles. The molecule has 2 aromatic carbocycles. The van der Waals surface area contributed by atoms with Crippen molar-refractivity contribution in [2.24, 2.45) is 0 Å². The monoisotopic (exact) mass is 479 g/mol. The fraction of sp³-hybridized carbons (Fsp3) is 0.227. The lowest BCUT2D eigenvalue weighted by Gasteiger charge is -2.15. The van der Waals surface area contributed by atoms with E-state index in [1.54, 1.807) is 20.2 Å². The molecule has 172 valence electrons. The van der Waals surface area contributed by atoms with Crippen LogP contribution < -0.4 is 4.74 Å². The van der Waals surface area contributed by atoms with Gasteiger partial charge in [0.2, 0.25) is 0 Å². The van der Waals surface area contributed by atoms with Crippen molar-refractivity contribution >= 4 is 29.0 Å². The van der Waals surface area contributed by atoms with E-state index in [9.17, 15) is 27.2 Å². The number of nitriles is 1. The van der Waals surface area contributed by atoms with Crippen LogP contribution in [0.3, 0.4) is 0 Å². The zero-order valence-electron chi connectivity index (χ0n) is 17.4.